The summed E-state index contributed by atoms with van der Waals surface area (Å²) in [7, 11) is -4.12. The Bertz CT molecular complexity index is 1240. The first-order valence-electron chi connectivity index (χ1n) is 10.9. The number of hydrogen-bond donors (Lipinski definition) is 1. The first-order chi connectivity index (χ1) is 15.7. The lowest BCUT2D eigenvalue weighted by atomic mass is 9.86. The molecule has 1 spiro atoms. The van der Waals surface area contributed by atoms with Crippen LogP contribution in [0.15, 0.2) is 58.4 Å². The van der Waals surface area contributed by atoms with E-state index < -0.39 is 32.3 Å². The van der Waals surface area contributed by atoms with Crippen LogP contribution < -0.4 is 5.32 Å². The van der Waals surface area contributed by atoms with Gasteiger partial charge in [0.15, 0.2) is 0 Å². The Kier molecular flexibility index (Phi) is 5.88. The molecule has 6 nitrogen and oxygen atoms in total. The number of hydrogen-bond acceptors (Lipinski definition) is 4. The van der Waals surface area contributed by atoms with Crippen molar-refractivity contribution in [3.05, 3.63) is 65.2 Å². The van der Waals surface area contributed by atoms with E-state index in [9.17, 15) is 26.4 Å². The van der Waals surface area contributed by atoms with Crippen LogP contribution in [-0.4, -0.2) is 43.1 Å². The molecule has 2 aliphatic heterocycles. The standard InChI is InChI=1S/C24H26F3N3O3S/c1-22(2,3)17-9-7-16(8-10-17)20-21(31)29-23(28-20)11-13-30(14-12-23)34(32,33)19-6-4-5-18(15-19)24(25,26)27/h4-10,15H,11-14H2,1-3H3,(H,29,31). The van der Waals surface area contributed by atoms with Crippen molar-refractivity contribution in [1.29, 1.82) is 0 Å². The van der Waals surface area contributed by atoms with Gasteiger partial charge in [-0.3, -0.25) is 9.79 Å². The van der Waals surface area contributed by atoms with Crippen molar-refractivity contribution in [2.24, 2.45) is 4.99 Å². The summed E-state index contributed by atoms with van der Waals surface area (Å²) >= 11 is 0. The second-order valence-corrected chi connectivity index (χ2v) is 11.6. The minimum Gasteiger partial charge on any atom is -0.326 e. The molecule has 1 amide bonds. The third-order valence-corrected chi connectivity index (χ3v) is 8.15. The van der Waals surface area contributed by atoms with Gasteiger partial charge in [0.25, 0.3) is 5.91 Å². The summed E-state index contributed by atoms with van der Waals surface area (Å²) in [5.41, 5.74) is 0.137. The van der Waals surface area contributed by atoms with Gasteiger partial charge in [0.05, 0.1) is 10.5 Å². The Morgan fingerprint density at radius 2 is 1.59 bits per heavy atom. The normalized spacial score (nSPS) is 19.2. The van der Waals surface area contributed by atoms with Crippen molar-refractivity contribution in [3.8, 4) is 0 Å². The van der Waals surface area contributed by atoms with Gasteiger partial charge in [-0.15, -0.1) is 0 Å². The van der Waals surface area contributed by atoms with Gasteiger partial charge in [-0.25, -0.2) is 8.42 Å². The number of amides is 1. The van der Waals surface area contributed by atoms with E-state index >= 15 is 0 Å². The van der Waals surface area contributed by atoms with Gasteiger partial charge in [0.2, 0.25) is 10.0 Å². The van der Waals surface area contributed by atoms with Gasteiger partial charge in [-0.05, 0) is 29.2 Å². The van der Waals surface area contributed by atoms with E-state index in [1.165, 1.54) is 0 Å². The van der Waals surface area contributed by atoms with Gasteiger partial charge in [-0.1, -0.05) is 51.1 Å². The van der Waals surface area contributed by atoms with E-state index in [1.807, 2.05) is 24.3 Å². The Hall–Kier alpha value is -2.72. The number of sulfonamides is 1. The van der Waals surface area contributed by atoms with Crippen LogP contribution in [0, 0.1) is 0 Å². The van der Waals surface area contributed by atoms with Crippen LogP contribution in [0.5, 0.6) is 0 Å². The largest absolute Gasteiger partial charge is 0.416 e. The zero-order chi connectivity index (χ0) is 24.9. The number of aliphatic imine (C=N–C) groups is 1. The van der Waals surface area contributed by atoms with E-state index in [2.05, 4.69) is 31.1 Å². The molecule has 2 aromatic rings. The molecular formula is C24H26F3N3O3S. The molecule has 0 saturated carbocycles. The molecule has 1 fully saturated rings. The molecular weight excluding hydrogens is 467 g/mol. The fourth-order valence-electron chi connectivity index (χ4n) is 4.20. The fourth-order valence-corrected chi connectivity index (χ4v) is 5.69. The highest BCUT2D eigenvalue weighted by atomic mass is 32.2. The van der Waals surface area contributed by atoms with Crippen LogP contribution in [0.1, 0.15) is 50.3 Å². The van der Waals surface area contributed by atoms with Crippen LogP contribution in [0.4, 0.5) is 13.2 Å². The van der Waals surface area contributed by atoms with Crippen LogP contribution in [0.3, 0.4) is 0 Å². The molecule has 4 rings (SSSR count). The molecule has 0 bridgehead atoms. The Morgan fingerprint density at radius 3 is 2.15 bits per heavy atom. The molecule has 0 atom stereocenters. The number of carbonyl (C=O) groups excluding carboxylic acids is 1. The minimum absolute atomic E-state index is 0.0264. The number of nitrogens with one attached hydrogen (secondary N) is 1. The van der Waals surface area contributed by atoms with Crippen molar-refractivity contribution >= 4 is 21.6 Å². The highest BCUT2D eigenvalue weighted by Gasteiger charge is 2.44. The van der Waals surface area contributed by atoms with Crippen LogP contribution in [0.25, 0.3) is 0 Å². The number of halogens is 3. The van der Waals surface area contributed by atoms with Crippen molar-refractivity contribution in [2.75, 3.05) is 13.1 Å². The molecule has 1 N–H and O–H groups in total. The van der Waals surface area contributed by atoms with E-state index in [1.54, 1.807) is 0 Å². The Morgan fingerprint density at radius 1 is 0.971 bits per heavy atom. The molecule has 34 heavy (non-hydrogen) atoms. The first-order valence-corrected chi connectivity index (χ1v) is 12.4. The summed E-state index contributed by atoms with van der Waals surface area (Å²) in [6.07, 6.45) is -4.19. The van der Waals surface area contributed by atoms with Gasteiger partial charge in [-0.2, -0.15) is 17.5 Å². The third-order valence-electron chi connectivity index (χ3n) is 6.26. The van der Waals surface area contributed by atoms with E-state index in [0.717, 1.165) is 28.1 Å². The van der Waals surface area contributed by atoms with Gasteiger partial charge in [0.1, 0.15) is 11.4 Å². The molecule has 0 aliphatic carbocycles. The summed E-state index contributed by atoms with van der Waals surface area (Å²) in [6.45, 7) is 6.34. The molecule has 2 heterocycles. The first kappa shape index (κ1) is 24.4. The minimum atomic E-state index is -4.64. The predicted octanol–water partition coefficient (Wildman–Crippen LogP) is 4.10. The molecule has 0 unspecified atom stereocenters. The molecule has 182 valence electrons. The zero-order valence-electron chi connectivity index (χ0n) is 19.1. The average molecular weight is 494 g/mol. The van der Waals surface area contributed by atoms with Crippen LogP contribution in [-0.2, 0) is 26.4 Å². The topological polar surface area (TPSA) is 78.8 Å². The Labute approximate surface area is 196 Å². The second kappa shape index (κ2) is 8.20. The lowest BCUT2D eigenvalue weighted by Crippen LogP contribution is -2.52. The summed E-state index contributed by atoms with van der Waals surface area (Å²) in [5, 5.41) is 2.89. The van der Waals surface area contributed by atoms with Gasteiger partial charge >= 0.3 is 6.18 Å². The van der Waals surface area contributed by atoms with Crippen molar-refractivity contribution in [1.82, 2.24) is 9.62 Å². The molecule has 10 heteroatoms. The van der Waals surface area contributed by atoms with Gasteiger partial charge < -0.3 is 5.32 Å². The smallest absolute Gasteiger partial charge is 0.326 e. The van der Waals surface area contributed by atoms with E-state index in [0.29, 0.717) is 17.3 Å². The zero-order valence-corrected chi connectivity index (χ0v) is 19.9. The van der Waals surface area contributed by atoms with Crippen molar-refractivity contribution in [3.63, 3.8) is 0 Å². The summed E-state index contributed by atoms with van der Waals surface area (Å²) in [4.78, 5) is 16.9. The lowest BCUT2D eigenvalue weighted by Gasteiger charge is -2.36. The maximum absolute atomic E-state index is 13.0. The number of piperidine rings is 1. The number of alkyl halides is 3. The molecule has 0 aromatic heterocycles. The molecule has 2 aliphatic rings. The number of benzene rings is 2. The molecule has 1 saturated heterocycles. The van der Waals surface area contributed by atoms with Crippen LogP contribution in [0.2, 0.25) is 0 Å². The highest BCUT2D eigenvalue weighted by molar-refractivity contribution is 7.89. The van der Waals surface area contributed by atoms with E-state index in [4.69, 9.17) is 0 Å². The predicted molar refractivity (Wildman–Crippen MR) is 122 cm³/mol. The summed E-state index contributed by atoms with van der Waals surface area (Å²) in [5.74, 6) is -0.322. The SMILES string of the molecule is CC(C)(C)c1ccc(C2=NC3(CCN(S(=O)(=O)c4cccc(C(F)(F)F)c4)CC3)NC2=O)cc1. The Balaban J connectivity index is 1.52. The quantitative estimate of drug-likeness (QED) is 0.699. The average Bonchev–Trinajstić information content (AvgIpc) is 3.08. The fraction of sp³-hybridized carbons (Fsp3) is 0.417. The summed E-state index contributed by atoms with van der Waals surface area (Å²) < 4.78 is 66.2. The molecule has 0 radical (unpaired) electrons. The second-order valence-electron chi connectivity index (χ2n) is 9.70. The summed E-state index contributed by atoms with van der Waals surface area (Å²) in [6, 6.07) is 11.3. The number of rotatable bonds is 3. The monoisotopic (exact) mass is 493 g/mol. The molecule has 2 aromatic carbocycles. The van der Waals surface area contributed by atoms with E-state index in [-0.39, 0.29) is 37.3 Å². The van der Waals surface area contributed by atoms with Crippen molar-refractivity contribution in [2.45, 2.75) is 55.8 Å². The third kappa shape index (κ3) is 4.61. The number of carbonyl (C=O) groups is 1. The number of nitrogens with zero attached hydrogens (tertiary/aromatic N) is 2. The lowest BCUT2D eigenvalue weighted by molar-refractivity contribution is -0.137. The highest BCUT2D eigenvalue weighted by Crippen LogP contribution is 2.34. The van der Waals surface area contributed by atoms with Gasteiger partial charge in [0, 0.05) is 31.5 Å². The van der Waals surface area contributed by atoms with Crippen molar-refractivity contribution < 1.29 is 26.4 Å². The maximum Gasteiger partial charge on any atom is 0.416 e. The maximum atomic E-state index is 13.0. The van der Waals surface area contributed by atoms with Crippen LogP contribution >= 0.6 is 0 Å².